The van der Waals surface area contributed by atoms with Gasteiger partial charge in [-0.3, -0.25) is 19.3 Å². The summed E-state index contributed by atoms with van der Waals surface area (Å²) in [6, 6.07) is 7.37. The lowest BCUT2D eigenvalue weighted by atomic mass is 9.74. The van der Waals surface area contributed by atoms with Crippen molar-refractivity contribution >= 4 is 17.8 Å². The third kappa shape index (κ3) is 4.80. The smallest absolute Gasteiger partial charge is 0.313 e. The van der Waals surface area contributed by atoms with Crippen LogP contribution in [0.4, 0.5) is 0 Å². The van der Waals surface area contributed by atoms with Crippen molar-refractivity contribution in [2.75, 3.05) is 59.2 Å². The Bertz CT molecular complexity index is 1220. The van der Waals surface area contributed by atoms with E-state index in [1.807, 2.05) is 61.6 Å². The molecule has 6 rings (SSSR count). The first-order chi connectivity index (χ1) is 19.9. The molecule has 1 unspecified atom stereocenters. The highest BCUT2D eigenvalue weighted by Crippen LogP contribution is 2.58. The van der Waals surface area contributed by atoms with E-state index in [9.17, 15) is 19.5 Å². The van der Waals surface area contributed by atoms with Crippen molar-refractivity contribution in [3.8, 4) is 0 Å². The second kappa shape index (κ2) is 11.3. The zero-order valence-corrected chi connectivity index (χ0v) is 23.5. The van der Waals surface area contributed by atoms with Gasteiger partial charge in [-0.05, 0) is 25.3 Å². The highest BCUT2D eigenvalue weighted by atomic mass is 16.6. The number of hydrogen-bond acceptors (Lipinski definition) is 8. The number of carbonyl (C=O) groups is 3. The molecule has 2 amide bonds. The van der Waals surface area contributed by atoms with Crippen molar-refractivity contribution in [2.45, 2.75) is 43.1 Å². The molecule has 5 heterocycles. The number of fused-ring (bicyclic) bond motifs is 2. The van der Waals surface area contributed by atoms with Crippen molar-refractivity contribution in [1.29, 1.82) is 0 Å². The number of hydrogen-bond donors (Lipinski definition) is 1. The van der Waals surface area contributed by atoms with Crippen LogP contribution < -0.4 is 0 Å². The van der Waals surface area contributed by atoms with Crippen LogP contribution in [0.3, 0.4) is 0 Å². The number of amides is 2. The molecule has 0 radical (unpaired) electrons. The summed E-state index contributed by atoms with van der Waals surface area (Å²) in [6.45, 7) is 6.12. The van der Waals surface area contributed by atoms with Crippen LogP contribution in [-0.2, 0) is 28.6 Å². The monoisotopic (exact) mass is 565 g/mol. The Labute approximate surface area is 240 Å². The Hall–Kier alpha value is -3.05. The van der Waals surface area contributed by atoms with E-state index >= 15 is 0 Å². The van der Waals surface area contributed by atoms with E-state index in [1.165, 1.54) is 4.90 Å². The molecule has 5 aliphatic rings. The molecule has 220 valence electrons. The second-order valence-electron chi connectivity index (χ2n) is 11.7. The molecule has 3 fully saturated rings. The van der Waals surface area contributed by atoms with Gasteiger partial charge < -0.3 is 29.1 Å². The number of aliphatic hydroxyl groups excluding tert-OH is 1. The second-order valence-corrected chi connectivity index (χ2v) is 11.7. The molecule has 6 atom stereocenters. The molecule has 5 aliphatic heterocycles. The maximum absolute atomic E-state index is 14.6. The van der Waals surface area contributed by atoms with Crippen LogP contribution in [0.5, 0.6) is 0 Å². The lowest BCUT2D eigenvalue weighted by molar-refractivity contribution is -0.161. The van der Waals surface area contributed by atoms with E-state index in [0.29, 0.717) is 51.3 Å². The van der Waals surface area contributed by atoms with Gasteiger partial charge in [0.15, 0.2) is 0 Å². The molecule has 3 saturated heterocycles. The minimum atomic E-state index is -1.40. The van der Waals surface area contributed by atoms with Gasteiger partial charge in [-0.2, -0.15) is 0 Å². The van der Waals surface area contributed by atoms with E-state index < -0.39 is 41.1 Å². The van der Waals surface area contributed by atoms with Crippen LogP contribution in [-0.4, -0.2) is 114 Å². The van der Waals surface area contributed by atoms with E-state index in [0.717, 1.165) is 13.1 Å². The topological polar surface area (TPSA) is 109 Å². The van der Waals surface area contributed by atoms with E-state index in [1.54, 1.807) is 4.90 Å². The molecule has 0 aromatic heterocycles. The maximum Gasteiger partial charge on any atom is 0.313 e. The van der Waals surface area contributed by atoms with Gasteiger partial charge in [0.1, 0.15) is 17.6 Å². The summed E-state index contributed by atoms with van der Waals surface area (Å²) < 4.78 is 18.0. The summed E-state index contributed by atoms with van der Waals surface area (Å²) in [5.74, 6) is -3.05. The maximum atomic E-state index is 14.6. The van der Waals surface area contributed by atoms with Gasteiger partial charge in [-0.15, -0.1) is 0 Å². The summed E-state index contributed by atoms with van der Waals surface area (Å²) in [4.78, 5) is 48.3. The molecule has 1 N–H and O–H groups in total. The van der Waals surface area contributed by atoms with Gasteiger partial charge in [-0.1, -0.05) is 54.6 Å². The van der Waals surface area contributed by atoms with Crippen LogP contribution in [0.1, 0.15) is 31.4 Å². The van der Waals surface area contributed by atoms with Crippen LogP contribution in [0.15, 0.2) is 54.6 Å². The van der Waals surface area contributed by atoms with Crippen molar-refractivity contribution in [1.82, 2.24) is 14.7 Å². The SMILES string of the molecule is C[C@]12/C=C\CCCOC(=O)[C@H]1[C@H]1C(=O)N([C@H](CO)c3ccccc3)C3C(=O)N(CCN4CCOCC4)CC=C[C@@]31O2. The van der Waals surface area contributed by atoms with Crippen LogP contribution >= 0.6 is 0 Å². The minimum Gasteiger partial charge on any atom is -0.465 e. The number of carbonyl (C=O) groups excluding carboxylic acids is 3. The Morgan fingerprint density at radius 2 is 1.76 bits per heavy atom. The first-order valence-corrected chi connectivity index (χ1v) is 14.7. The van der Waals surface area contributed by atoms with Crippen LogP contribution in [0, 0.1) is 11.8 Å². The quantitative estimate of drug-likeness (QED) is 0.407. The lowest BCUT2D eigenvalue weighted by Gasteiger charge is -2.40. The highest BCUT2D eigenvalue weighted by Gasteiger charge is 2.75. The minimum absolute atomic E-state index is 0.249. The lowest BCUT2D eigenvalue weighted by Crippen LogP contribution is -2.57. The van der Waals surface area contributed by atoms with Crippen molar-refractivity contribution in [3.05, 3.63) is 60.2 Å². The third-order valence-corrected chi connectivity index (χ3v) is 9.25. The summed E-state index contributed by atoms with van der Waals surface area (Å²) in [5, 5.41) is 10.7. The highest BCUT2D eigenvalue weighted by molar-refractivity contribution is 5.99. The van der Waals surface area contributed by atoms with Crippen LogP contribution in [0.2, 0.25) is 0 Å². The average molecular weight is 566 g/mol. The molecule has 1 spiro atoms. The Morgan fingerprint density at radius 1 is 0.976 bits per heavy atom. The number of allylic oxidation sites excluding steroid dienone is 1. The number of esters is 1. The molecule has 0 aliphatic carbocycles. The fraction of sp³-hybridized carbons (Fsp3) is 0.581. The normalized spacial score (nSPS) is 35.5. The first-order valence-electron chi connectivity index (χ1n) is 14.7. The number of benzene rings is 1. The number of likely N-dealkylation sites (tertiary alicyclic amines) is 1. The molecule has 0 bridgehead atoms. The van der Waals surface area contributed by atoms with E-state index in [2.05, 4.69) is 4.90 Å². The Morgan fingerprint density at radius 3 is 2.51 bits per heavy atom. The summed E-state index contributed by atoms with van der Waals surface area (Å²) in [7, 11) is 0. The Kier molecular flexibility index (Phi) is 7.76. The van der Waals surface area contributed by atoms with Gasteiger partial charge in [-0.25, -0.2) is 0 Å². The molecule has 1 aromatic carbocycles. The third-order valence-electron chi connectivity index (χ3n) is 9.25. The molecule has 10 nitrogen and oxygen atoms in total. The molecule has 0 saturated carbocycles. The standard InChI is InChI=1S/C31H39N3O7/c1-30-11-6-3-7-18-40-29(38)25(30)24-27(36)34(23(21-35)22-9-4-2-5-10-22)26-28(37)33(13-8-12-31(24,26)41-30)15-14-32-16-19-39-20-17-32/h2,4-6,8-12,23-26,35H,3,7,13-21H2,1H3/b11-6-/t23-,24+,25-,26?,30+,31+/m1/s1. The number of rotatable bonds is 6. The van der Waals surface area contributed by atoms with Crippen molar-refractivity contribution in [3.63, 3.8) is 0 Å². The zero-order chi connectivity index (χ0) is 28.6. The number of aliphatic hydroxyl groups is 1. The summed E-state index contributed by atoms with van der Waals surface area (Å²) >= 11 is 0. The zero-order valence-electron chi connectivity index (χ0n) is 23.5. The number of morpholine rings is 1. The van der Waals surface area contributed by atoms with E-state index in [4.69, 9.17) is 14.2 Å². The molecule has 1 aromatic rings. The van der Waals surface area contributed by atoms with Gasteiger partial charge in [0.05, 0.1) is 44.0 Å². The van der Waals surface area contributed by atoms with Crippen LogP contribution in [0.25, 0.3) is 0 Å². The van der Waals surface area contributed by atoms with Gasteiger partial charge in [0, 0.05) is 32.7 Å². The fourth-order valence-electron chi connectivity index (χ4n) is 7.27. The number of cyclic esters (lactones) is 1. The van der Waals surface area contributed by atoms with Crippen molar-refractivity contribution in [2.24, 2.45) is 11.8 Å². The molecule has 41 heavy (non-hydrogen) atoms. The van der Waals surface area contributed by atoms with Crippen molar-refractivity contribution < 1.29 is 33.7 Å². The molecule has 10 heteroatoms. The number of nitrogens with zero attached hydrogens (tertiary/aromatic N) is 3. The molecular formula is C31H39N3O7. The van der Waals surface area contributed by atoms with E-state index in [-0.39, 0.29) is 25.0 Å². The summed E-state index contributed by atoms with van der Waals surface area (Å²) in [5.41, 5.74) is -1.83. The molecular weight excluding hydrogens is 526 g/mol. The van der Waals surface area contributed by atoms with Gasteiger partial charge >= 0.3 is 5.97 Å². The average Bonchev–Trinajstić information content (AvgIpc) is 3.34. The van der Waals surface area contributed by atoms with Gasteiger partial charge in [0.2, 0.25) is 11.8 Å². The van der Waals surface area contributed by atoms with Gasteiger partial charge in [0.25, 0.3) is 0 Å². The predicted molar refractivity (Wildman–Crippen MR) is 148 cm³/mol. The predicted octanol–water partition coefficient (Wildman–Crippen LogP) is 1.31. The summed E-state index contributed by atoms with van der Waals surface area (Å²) in [6.07, 6.45) is 8.96. The largest absolute Gasteiger partial charge is 0.465 e. The first kappa shape index (κ1) is 28.1. The Balaban J connectivity index is 1.43. The number of ether oxygens (including phenoxy) is 3. The fourth-order valence-corrected chi connectivity index (χ4v) is 7.27.